The molecule has 1 atom stereocenters. The Morgan fingerprint density at radius 3 is 3.11 bits per heavy atom. The Morgan fingerprint density at radius 2 is 2.29 bits per heavy atom. The molecule has 1 N–H and O–H groups in total. The SMILES string of the molecule is O=C1CC(c2noc(-c3cc(-c4ccco4)n[nH]3)n2)CN1CCc1cccs1. The topological polar surface area (TPSA) is 101 Å². The Balaban J connectivity index is 1.27. The van der Waals surface area contributed by atoms with Gasteiger partial charge in [0, 0.05) is 36.4 Å². The van der Waals surface area contributed by atoms with E-state index >= 15 is 0 Å². The molecule has 5 rings (SSSR count). The molecule has 0 aliphatic carbocycles. The maximum Gasteiger partial charge on any atom is 0.275 e. The first-order valence-electron chi connectivity index (χ1n) is 8.99. The fourth-order valence-corrected chi connectivity index (χ4v) is 4.05. The van der Waals surface area contributed by atoms with Gasteiger partial charge < -0.3 is 13.8 Å². The van der Waals surface area contributed by atoms with Crippen molar-refractivity contribution < 1.29 is 13.7 Å². The van der Waals surface area contributed by atoms with Crippen molar-refractivity contribution in [3.05, 3.63) is 52.7 Å². The molecule has 0 spiro atoms. The van der Waals surface area contributed by atoms with Crippen LogP contribution in [-0.2, 0) is 11.2 Å². The first kappa shape index (κ1) is 16.9. The van der Waals surface area contributed by atoms with Gasteiger partial charge in [-0.05, 0) is 30.0 Å². The van der Waals surface area contributed by atoms with Gasteiger partial charge in [-0.15, -0.1) is 11.3 Å². The zero-order valence-electron chi connectivity index (χ0n) is 14.9. The molecule has 142 valence electrons. The fraction of sp³-hybridized carbons (Fsp3) is 0.263. The number of aromatic amines is 1. The molecule has 28 heavy (non-hydrogen) atoms. The molecule has 8 nitrogen and oxygen atoms in total. The number of H-pyrrole nitrogens is 1. The molecule has 1 aliphatic rings. The van der Waals surface area contributed by atoms with Crippen LogP contribution in [0.3, 0.4) is 0 Å². The van der Waals surface area contributed by atoms with E-state index in [2.05, 4.69) is 31.8 Å². The number of furan rings is 1. The van der Waals surface area contributed by atoms with E-state index in [9.17, 15) is 4.79 Å². The third-order valence-corrected chi connectivity index (χ3v) is 5.75. The summed E-state index contributed by atoms with van der Waals surface area (Å²) in [4.78, 5) is 20.0. The van der Waals surface area contributed by atoms with Crippen LogP contribution >= 0.6 is 11.3 Å². The quantitative estimate of drug-likeness (QED) is 0.537. The van der Waals surface area contributed by atoms with Crippen molar-refractivity contribution in [2.75, 3.05) is 13.1 Å². The molecule has 5 heterocycles. The number of nitrogens with one attached hydrogen (secondary N) is 1. The molecule has 4 aromatic rings. The van der Waals surface area contributed by atoms with Crippen molar-refractivity contribution in [2.24, 2.45) is 0 Å². The average molecular weight is 395 g/mol. The van der Waals surface area contributed by atoms with Crippen LogP contribution in [0.4, 0.5) is 0 Å². The first-order valence-corrected chi connectivity index (χ1v) is 9.87. The third kappa shape index (κ3) is 3.24. The zero-order chi connectivity index (χ0) is 18.9. The van der Waals surface area contributed by atoms with Crippen LogP contribution in [0.25, 0.3) is 23.0 Å². The average Bonchev–Trinajstić information content (AvgIpc) is 3.52. The number of nitrogens with zero attached hydrogens (tertiary/aromatic N) is 4. The number of hydrogen-bond acceptors (Lipinski definition) is 7. The van der Waals surface area contributed by atoms with Crippen molar-refractivity contribution >= 4 is 17.2 Å². The minimum Gasteiger partial charge on any atom is -0.463 e. The highest BCUT2D eigenvalue weighted by molar-refractivity contribution is 7.09. The molecule has 9 heteroatoms. The van der Waals surface area contributed by atoms with Crippen molar-refractivity contribution in [2.45, 2.75) is 18.8 Å². The Morgan fingerprint density at radius 1 is 1.32 bits per heavy atom. The van der Waals surface area contributed by atoms with Gasteiger partial charge in [0.1, 0.15) is 11.4 Å². The van der Waals surface area contributed by atoms with Gasteiger partial charge in [0.25, 0.3) is 5.89 Å². The zero-order valence-corrected chi connectivity index (χ0v) is 15.7. The molecular formula is C19H17N5O3S. The third-order valence-electron chi connectivity index (χ3n) is 4.81. The van der Waals surface area contributed by atoms with Crippen LogP contribution < -0.4 is 0 Å². The van der Waals surface area contributed by atoms with Gasteiger partial charge in [-0.3, -0.25) is 9.89 Å². The summed E-state index contributed by atoms with van der Waals surface area (Å²) in [6.07, 6.45) is 2.87. The van der Waals surface area contributed by atoms with E-state index in [4.69, 9.17) is 8.94 Å². The number of aromatic nitrogens is 4. The minimum atomic E-state index is -0.0548. The summed E-state index contributed by atoms with van der Waals surface area (Å²) < 4.78 is 10.7. The molecular weight excluding hydrogens is 378 g/mol. The van der Waals surface area contributed by atoms with E-state index in [0.29, 0.717) is 48.4 Å². The first-order chi connectivity index (χ1) is 13.8. The summed E-state index contributed by atoms with van der Waals surface area (Å²) >= 11 is 1.71. The van der Waals surface area contributed by atoms with Crippen LogP contribution in [0.15, 0.2) is 50.9 Å². The number of rotatable bonds is 6. The number of amides is 1. The van der Waals surface area contributed by atoms with Gasteiger partial charge in [0.05, 0.1) is 6.26 Å². The molecule has 0 bridgehead atoms. The summed E-state index contributed by atoms with van der Waals surface area (Å²) in [5.41, 5.74) is 1.28. The lowest BCUT2D eigenvalue weighted by Gasteiger charge is -2.15. The van der Waals surface area contributed by atoms with Crippen molar-refractivity contribution in [3.63, 3.8) is 0 Å². The Labute approximate surface area is 164 Å². The predicted molar refractivity (Wildman–Crippen MR) is 102 cm³/mol. The smallest absolute Gasteiger partial charge is 0.275 e. The Bertz CT molecular complexity index is 1070. The normalized spacial score (nSPS) is 16.9. The lowest BCUT2D eigenvalue weighted by Crippen LogP contribution is -2.27. The van der Waals surface area contributed by atoms with Crippen LogP contribution in [0.2, 0.25) is 0 Å². The highest BCUT2D eigenvalue weighted by atomic mass is 32.1. The monoisotopic (exact) mass is 395 g/mol. The summed E-state index contributed by atoms with van der Waals surface area (Å²) in [7, 11) is 0. The minimum absolute atomic E-state index is 0.0548. The summed E-state index contributed by atoms with van der Waals surface area (Å²) in [6.45, 7) is 1.33. The second-order valence-corrected chi connectivity index (χ2v) is 7.70. The highest BCUT2D eigenvalue weighted by Gasteiger charge is 2.33. The molecule has 0 aromatic carbocycles. The lowest BCUT2D eigenvalue weighted by atomic mass is 10.1. The Hall–Kier alpha value is -3.20. The van der Waals surface area contributed by atoms with Crippen molar-refractivity contribution in [1.29, 1.82) is 0 Å². The van der Waals surface area contributed by atoms with Gasteiger partial charge in [0.15, 0.2) is 11.6 Å². The second-order valence-electron chi connectivity index (χ2n) is 6.67. The molecule has 1 saturated heterocycles. The van der Waals surface area contributed by atoms with Crippen molar-refractivity contribution in [3.8, 4) is 23.0 Å². The molecule has 1 fully saturated rings. The predicted octanol–water partition coefficient (Wildman–Crippen LogP) is 3.34. The summed E-state index contributed by atoms with van der Waals surface area (Å²) in [5, 5.41) is 13.2. The van der Waals surface area contributed by atoms with E-state index in [1.54, 1.807) is 29.7 Å². The maximum absolute atomic E-state index is 12.3. The van der Waals surface area contributed by atoms with Gasteiger partial charge in [-0.1, -0.05) is 11.2 Å². The van der Waals surface area contributed by atoms with Gasteiger partial charge in [-0.25, -0.2) is 0 Å². The second kappa shape index (κ2) is 7.08. The van der Waals surface area contributed by atoms with E-state index < -0.39 is 0 Å². The maximum atomic E-state index is 12.3. The Kier molecular flexibility index (Phi) is 4.28. The van der Waals surface area contributed by atoms with Crippen LogP contribution in [-0.4, -0.2) is 44.2 Å². The molecule has 0 saturated carbocycles. The standard InChI is InChI=1S/C19H17N5O3S/c25-17-9-12(11-24(17)6-5-13-3-2-8-28-13)18-20-19(27-23-18)15-10-14(21-22-15)16-4-1-7-26-16/h1-4,7-8,10,12H,5-6,9,11H2,(H,21,22). The largest absolute Gasteiger partial charge is 0.463 e. The van der Waals surface area contributed by atoms with Crippen molar-refractivity contribution in [1.82, 2.24) is 25.2 Å². The van der Waals surface area contributed by atoms with E-state index in [1.807, 2.05) is 17.0 Å². The number of thiophene rings is 1. The van der Waals surface area contributed by atoms with Gasteiger partial charge in [0.2, 0.25) is 5.91 Å². The van der Waals surface area contributed by atoms with Gasteiger partial charge >= 0.3 is 0 Å². The van der Waals surface area contributed by atoms with Crippen LogP contribution in [0, 0.1) is 0 Å². The molecule has 1 unspecified atom stereocenters. The summed E-state index contributed by atoms with van der Waals surface area (Å²) in [6, 6.07) is 9.55. The summed E-state index contributed by atoms with van der Waals surface area (Å²) in [5.74, 6) is 1.64. The molecule has 0 radical (unpaired) electrons. The fourth-order valence-electron chi connectivity index (χ4n) is 3.35. The molecule has 1 aliphatic heterocycles. The molecule has 1 amide bonds. The number of hydrogen-bond donors (Lipinski definition) is 1. The van der Waals surface area contributed by atoms with E-state index in [0.717, 1.165) is 6.42 Å². The van der Waals surface area contributed by atoms with Crippen LogP contribution in [0.1, 0.15) is 23.0 Å². The van der Waals surface area contributed by atoms with E-state index in [1.165, 1.54) is 4.88 Å². The number of carbonyl (C=O) groups is 1. The van der Waals surface area contributed by atoms with Gasteiger partial charge in [-0.2, -0.15) is 10.1 Å². The van der Waals surface area contributed by atoms with Crippen LogP contribution in [0.5, 0.6) is 0 Å². The number of carbonyl (C=O) groups excluding carboxylic acids is 1. The lowest BCUT2D eigenvalue weighted by molar-refractivity contribution is -0.127. The van der Waals surface area contributed by atoms with E-state index in [-0.39, 0.29) is 11.8 Å². The highest BCUT2D eigenvalue weighted by Crippen LogP contribution is 2.29. The molecule has 4 aromatic heterocycles. The number of likely N-dealkylation sites (tertiary alicyclic amines) is 1.